The highest BCUT2D eigenvalue weighted by Crippen LogP contribution is 2.25. The average molecular weight is 385 g/mol. The molecule has 3 nitrogen and oxygen atoms in total. The second-order valence-corrected chi connectivity index (χ2v) is 5.91. The summed E-state index contributed by atoms with van der Waals surface area (Å²) in [5.41, 5.74) is 1.89. The predicted octanol–water partition coefficient (Wildman–Crippen LogP) is 4.48. The van der Waals surface area contributed by atoms with Crippen LogP contribution in [-0.2, 0) is 0 Å². The molecular formula is C14H11Br2NO2. The van der Waals surface area contributed by atoms with Crippen LogP contribution in [0.3, 0.4) is 0 Å². The van der Waals surface area contributed by atoms with Gasteiger partial charge in [-0.05, 0) is 48.9 Å². The number of carbonyl (C=O) groups excluding carboxylic acids is 1. The van der Waals surface area contributed by atoms with Gasteiger partial charge < -0.3 is 10.4 Å². The number of aromatic hydroxyl groups is 1. The molecule has 0 saturated carbocycles. The number of rotatable bonds is 2. The summed E-state index contributed by atoms with van der Waals surface area (Å²) in [7, 11) is 0. The predicted molar refractivity (Wildman–Crippen MR) is 82.6 cm³/mol. The molecule has 0 fully saturated rings. The number of phenols is 1. The number of amides is 1. The van der Waals surface area contributed by atoms with E-state index in [1.165, 1.54) is 6.07 Å². The van der Waals surface area contributed by atoms with Crippen molar-refractivity contribution in [2.24, 2.45) is 0 Å². The first-order valence-electron chi connectivity index (χ1n) is 5.53. The highest BCUT2D eigenvalue weighted by Gasteiger charge is 2.12. The zero-order valence-electron chi connectivity index (χ0n) is 10.1. The van der Waals surface area contributed by atoms with Crippen LogP contribution >= 0.6 is 31.9 Å². The summed E-state index contributed by atoms with van der Waals surface area (Å²) in [5.74, 6) is -0.389. The summed E-state index contributed by atoms with van der Waals surface area (Å²) in [4.78, 5) is 12.1. The Morgan fingerprint density at radius 1 is 1.11 bits per heavy atom. The summed E-state index contributed by atoms with van der Waals surface area (Å²) >= 11 is 6.65. The van der Waals surface area contributed by atoms with Gasteiger partial charge in [-0.3, -0.25) is 4.79 Å². The minimum Gasteiger partial charge on any atom is -0.507 e. The van der Waals surface area contributed by atoms with Crippen LogP contribution in [0.4, 0.5) is 5.69 Å². The third-order valence-electron chi connectivity index (χ3n) is 2.64. The number of benzene rings is 2. The van der Waals surface area contributed by atoms with Crippen LogP contribution in [0.15, 0.2) is 45.3 Å². The third kappa shape index (κ3) is 3.36. The lowest BCUT2D eigenvalue weighted by molar-refractivity contribution is 0.102. The number of halogens is 2. The van der Waals surface area contributed by atoms with Crippen molar-refractivity contribution < 1.29 is 9.90 Å². The molecule has 0 aromatic heterocycles. The molecule has 0 aliphatic rings. The lowest BCUT2D eigenvalue weighted by Gasteiger charge is -2.10. The fourth-order valence-corrected chi connectivity index (χ4v) is 2.48. The Labute approximate surface area is 127 Å². The number of aryl methyl sites for hydroxylation is 1. The number of carbonyl (C=O) groups is 1. The van der Waals surface area contributed by atoms with Crippen LogP contribution in [0.1, 0.15) is 15.9 Å². The van der Waals surface area contributed by atoms with E-state index in [2.05, 4.69) is 37.2 Å². The van der Waals surface area contributed by atoms with Gasteiger partial charge in [-0.1, -0.05) is 31.9 Å². The Hall–Kier alpha value is -1.33. The molecule has 0 spiro atoms. The van der Waals surface area contributed by atoms with E-state index in [1.807, 2.05) is 25.1 Å². The molecule has 0 radical (unpaired) electrons. The van der Waals surface area contributed by atoms with E-state index >= 15 is 0 Å². The number of phenolic OH excluding ortho intramolecular Hbond substituents is 1. The van der Waals surface area contributed by atoms with Gasteiger partial charge in [0.05, 0.1) is 5.56 Å². The minimum absolute atomic E-state index is 0.0459. The van der Waals surface area contributed by atoms with E-state index in [0.717, 1.165) is 14.5 Å². The molecule has 2 aromatic carbocycles. The molecule has 98 valence electrons. The molecule has 0 aliphatic heterocycles. The van der Waals surface area contributed by atoms with Gasteiger partial charge in [0.1, 0.15) is 5.75 Å². The van der Waals surface area contributed by atoms with Crippen molar-refractivity contribution in [2.45, 2.75) is 6.92 Å². The normalized spacial score (nSPS) is 10.3. The molecule has 2 N–H and O–H groups in total. The molecule has 1 amide bonds. The van der Waals surface area contributed by atoms with Crippen LogP contribution in [0.25, 0.3) is 0 Å². The van der Waals surface area contributed by atoms with Gasteiger partial charge >= 0.3 is 0 Å². The first kappa shape index (κ1) is 14.1. The van der Waals surface area contributed by atoms with Gasteiger partial charge in [-0.25, -0.2) is 0 Å². The monoisotopic (exact) mass is 383 g/mol. The van der Waals surface area contributed by atoms with Gasteiger partial charge in [-0.2, -0.15) is 0 Å². The van der Waals surface area contributed by atoms with Crippen LogP contribution in [-0.4, -0.2) is 11.0 Å². The van der Waals surface area contributed by atoms with E-state index in [9.17, 15) is 9.90 Å². The third-order valence-corrected chi connectivity index (χ3v) is 3.63. The van der Waals surface area contributed by atoms with Crippen LogP contribution in [0.5, 0.6) is 5.75 Å². The van der Waals surface area contributed by atoms with Crippen molar-refractivity contribution in [3.8, 4) is 5.75 Å². The average Bonchev–Trinajstić information content (AvgIpc) is 2.35. The first-order valence-corrected chi connectivity index (χ1v) is 7.12. The Kier molecular flexibility index (Phi) is 4.27. The minimum atomic E-state index is -0.343. The standard InChI is InChI=1S/C14H11Br2NO2/c1-8-6-9(15)2-4-12(8)17-14(19)11-7-10(16)3-5-13(11)18/h2-7,18H,1H3,(H,17,19). The van der Waals surface area contributed by atoms with E-state index in [0.29, 0.717) is 5.69 Å². The summed E-state index contributed by atoms with van der Waals surface area (Å²) in [6.45, 7) is 1.90. The Morgan fingerprint density at radius 3 is 2.42 bits per heavy atom. The summed E-state index contributed by atoms with van der Waals surface area (Å²) < 4.78 is 1.69. The second-order valence-electron chi connectivity index (χ2n) is 4.07. The highest BCUT2D eigenvalue weighted by atomic mass is 79.9. The van der Waals surface area contributed by atoms with Crippen molar-refractivity contribution in [1.82, 2.24) is 0 Å². The van der Waals surface area contributed by atoms with Crippen molar-refractivity contribution in [3.05, 3.63) is 56.5 Å². The van der Waals surface area contributed by atoms with E-state index in [-0.39, 0.29) is 17.2 Å². The molecule has 0 saturated heterocycles. The summed E-state index contributed by atoms with van der Waals surface area (Å²) in [6, 6.07) is 10.3. The number of hydrogen-bond acceptors (Lipinski definition) is 2. The van der Waals surface area contributed by atoms with Gasteiger partial charge in [0.15, 0.2) is 0 Å². The maximum Gasteiger partial charge on any atom is 0.259 e. The van der Waals surface area contributed by atoms with Crippen molar-refractivity contribution >= 4 is 43.5 Å². The molecular weight excluding hydrogens is 374 g/mol. The Morgan fingerprint density at radius 2 is 1.74 bits per heavy atom. The molecule has 5 heteroatoms. The van der Waals surface area contributed by atoms with Crippen molar-refractivity contribution in [1.29, 1.82) is 0 Å². The van der Waals surface area contributed by atoms with Gasteiger partial charge in [0.2, 0.25) is 0 Å². The maximum atomic E-state index is 12.1. The summed E-state index contributed by atoms with van der Waals surface area (Å²) in [6.07, 6.45) is 0. The van der Waals surface area contributed by atoms with Crippen LogP contribution in [0, 0.1) is 6.92 Å². The molecule has 19 heavy (non-hydrogen) atoms. The fourth-order valence-electron chi connectivity index (χ4n) is 1.65. The number of nitrogens with one attached hydrogen (secondary N) is 1. The molecule has 0 atom stereocenters. The zero-order chi connectivity index (χ0) is 14.0. The molecule has 0 bridgehead atoms. The van der Waals surface area contributed by atoms with E-state index in [4.69, 9.17) is 0 Å². The number of hydrogen-bond donors (Lipinski definition) is 2. The van der Waals surface area contributed by atoms with E-state index in [1.54, 1.807) is 12.1 Å². The van der Waals surface area contributed by atoms with Crippen LogP contribution in [0.2, 0.25) is 0 Å². The molecule has 0 aliphatic carbocycles. The fraction of sp³-hybridized carbons (Fsp3) is 0.0714. The smallest absolute Gasteiger partial charge is 0.259 e. The first-order chi connectivity index (χ1) is 8.97. The highest BCUT2D eigenvalue weighted by molar-refractivity contribution is 9.10. The molecule has 2 rings (SSSR count). The van der Waals surface area contributed by atoms with Crippen molar-refractivity contribution in [2.75, 3.05) is 5.32 Å². The van der Waals surface area contributed by atoms with E-state index < -0.39 is 0 Å². The second kappa shape index (κ2) is 5.75. The molecule has 2 aromatic rings. The largest absolute Gasteiger partial charge is 0.507 e. The van der Waals surface area contributed by atoms with Crippen LogP contribution < -0.4 is 5.32 Å². The lowest BCUT2D eigenvalue weighted by Crippen LogP contribution is -2.13. The quantitative estimate of drug-likeness (QED) is 0.801. The SMILES string of the molecule is Cc1cc(Br)ccc1NC(=O)c1cc(Br)ccc1O. The molecule has 0 heterocycles. The Bertz CT molecular complexity index is 641. The van der Waals surface area contributed by atoms with Gasteiger partial charge in [-0.15, -0.1) is 0 Å². The Balaban J connectivity index is 2.28. The maximum absolute atomic E-state index is 12.1. The zero-order valence-corrected chi connectivity index (χ0v) is 13.2. The number of anilines is 1. The van der Waals surface area contributed by atoms with Gasteiger partial charge in [0.25, 0.3) is 5.91 Å². The summed E-state index contributed by atoms with van der Waals surface area (Å²) in [5, 5.41) is 12.5. The molecule has 0 unspecified atom stereocenters. The van der Waals surface area contributed by atoms with Gasteiger partial charge in [0, 0.05) is 14.6 Å². The van der Waals surface area contributed by atoms with Crippen molar-refractivity contribution in [3.63, 3.8) is 0 Å². The topological polar surface area (TPSA) is 49.3 Å². The lowest BCUT2D eigenvalue weighted by atomic mass is 10.1.